The third-order valence-electron chi connectivity index (χ3n) is 1.81. The van der Waals surface area contributed by atoms with E-state index in [0.29, 0.717) is 0 Å². The van der Waals surface area contributed by atoms with Gasteiger partial charge in [-0.3, -0.25) is 14.4 Å². The van der Waals surface area contributed by atoms with Crippen molar-refractivity contribution in [3.05, 3.63) is 5.92 Å². The number of carbonyl (C=O) groups excluding carboxylic acids is 2. The Morgan fingerprint density at radius 1 is 1.27 bits per heavy atom. The number of rotatable bonds is 5. The molecule has 85 valence electrons. The van der Waals surface area contributed by atoms with Gasteiger partial charge in [0.1, 0.15) is 12.0 Å². The highest BCUT2D eigenvalue weighted by atomic mass is 16.4. The first-order valence-electron chi connectivity index (χ1n) is 4.43. The Hall–Kier alpha value is -1.59. The standard InChI is InChI=1S/C9H15N2O4/c1-4(2)6(9(14)15)7(8(10)13)11-5(3)12/h4,7H,1-3H3,(H2,10,13)(H,11,12)(H,14,15). The number of hydrogen-bond acceptors (Lipinski definition) is 3. The molecule has 0 aliphatic carbocycles. The molecule has 1 unspecified atom stereocenters. The first-order valence-corrected chi connectivity index (χ1v) is 4.43. The lowest BCUT2D eigenvalue weighted by atomic mass is 9.88. The Bertz CT molecular complexity index is 275. The monoisotopic (exact) mass is 215 g/mol. The van der Waals surface area contributed by atoms with Gasteiger partial charge in [-0.25, -0.2) is 0 Å². The number of carboxylic acids is 1. The lowest BCUT2D eigenvalue weighted by Gasteiger charge is -2.23. The van der Waals surface area contributed by atoms with Gasteiger partial charge in [0.25, 0.3) is 0 Å². The zero-order valence-electron chi connectivity index (χ0n) is 8.90. The molecule has 2 amide bonds. The molecule has 6 nitrogen and oxygen atoms in total. The van der Waals surface area contributed by atoms with Crippen molar-refractivity contribution in [2.45, 2.75) is 26.8 Å². The van der Waals surface area contributed by atoms with Crippen LogP contribution < -0.4 is 11.1 Å². The SMILES string of the molecule is CC(=O)NC([C](C(=O)O)C(C)C)C(N)=O. The van der Waals surface area contributed by atoms with Crippen LogP contribution in [-0.4, -0.2) is 28.9 Å². The fraction of sp³-hybridized carbons (Fsp3) is 0.556. The van der Waals surface area contributed by atoms with E-state index in [1.165, 1.54) is 6.92 Å². The van der Waals surface area contributed by atoms with Crippen LogP contribution in [0.3, 0.4) is 0 Å². The topological polar surface area (TPSA) is 109 Å². The van der Waals surface area contributed by atoms with E-state index in [1.807, 2.05) is 0 Å². The molecule has 0 aromatic heterocycles. The predicted molar refractivity (Wildman–Crippen MR) is 52.5 cm³/mol. The largest absolute Gasteiger partial charge is 0.481 e. The maximum absolute atomic E-state index is 11.0. The summed E-state index contributed by atoms with van der Waals surface area (Å²) >= 11 is 0. The van der Waals surface area contributed by atoms with Crippen LogP contribution in [0.1, 0.15) is 20.8 Å². The number of nitrogens with one attached hydrogen (secondary N) is 1. The normalized spacial score (nSPS) is 12.6. The van der Waals surface area contributed by atoms with Crippen molar-refractivity contribution in [3.8, 4) is 0 Å². The van der Waals surface area contributed by atoms with Crippen LogP contribution in [0.25, 0.3) is 0 Å². The van der Waals surface area contributed by atoms with Gasteiger partial charge < -0.3 is 16.2 Å². The van der Waals surface area contributed by atoms with E-state index in [1.54, 1.807) is 13.8 Å². The van der Waals surface area contributed by atoms with E-state index in [9.17, 15) is 14.4 Å². The van der Waals surface area contributed by atoms with E-state index in [-0.39, 0.29) is 11.8 Å². The third-order valence-corrected chi connectivity index (χ3v) is 1.81. The summed E-state index contributed by atoms with van der Waals surface area (Å²) in [7, 11) is 0. The van der Waals surface area contributed by atoms with E-state index in [0.717, 1.165) is 0 Å². The lowest BCUT2D eigenvalue weighted by molar-refractivity contribution is -0.138. The van der Waals surface area contributed by atoms with Crippen LogP contribution in [0.15, 0.2) is 0 Å². The second-order valence-corrected chi connectivity index (χ2v) is 3.45. The third kappa shape index (κ3) is 3.97. The Morgan fingerprint density at radius 3 is 1.93 bits per heavy atom. The zero-order chi connectivity index (χ0) is 12.2. The first kappa shape index (κ1) is 13.4. The lowest BCUT2D eigenvalue weighted by Crippen LogP contribution is -2.51. The van der Waals surface area contributed by atoms with Crippen LogP contribution in [0.5, 0.6) is 0 Å². The smallest absolute Gasteiger partial charge is 0.313 e. The van der Waals surface area contributed by atoms with Gasteiger partial charge in [0.05, 0.1) is 0 Å². The molecule has 0 fully saturated rings. The molecule has 0 aliphatic heterocycles. The zero-order valence-corrected chi connectivity index (χ0v) is 8.90. The molecule has 6 heteroatoms. The van der Waals surface area contributed by atoms with Gasteiger partial charge in [-0.15, -0.1) is 0 Å². The summed E-state index contributed by atoms with van der Waals surface area (Å²) in [6.45, 7) is 4.41. The number of primary amides is 1. The molecule has 0 aromatic rings. The van der Waals surface area contributed by atoms with Crippen LogP contribution in [0.4, 0.5) is 0 Å². The summed E-state index contributed by atoms with van der Waals surface area (Å²) in [5.41, 5.74) is 5.02. The number of carbonyl (C=O) groups is 3. The van der Waals surface area contributed by atoms with E-state index in [4.69, 9.17) is 10.8 Å². The van der Waals surface area contributed by atoms with Crippen LogP contribution in [0, 0.1) is 11.8 Å². The van der Waals surface area contributed by atoms with Crippen LogP contribution in [0.2, 0.25) is 0 Å². The molecule has 0 heterocycles. The van der Waals surface area contributed by atoms with Crippen molar-refractivity contribution >= 4 is 17.8 Å². The minimum atomic E-state index is -1.25. The molecule has 1 atom stereocenters. The summed E-state index contributed by atoms with van der Waals surface area (Å²) in [5.74, 6) is -3.11. The van der Waals surface area contributed by atoms with Crippen molar-refractivity contribution in [2.75, 3.05) is 0 Å². The van der Waals surface area contributed by atoms with Crippen molar-refractivity contribution in [1.29, 1.82) is 0 Å². The molecule has 15 heavy (non-hydrogen) atoms. The molecular weight excluding hydrogens is 200 g/mol. The van der Waals surface area contributed by atoms with Crippen LogP contribution >= 0.6 is 0 Å². The summed E-state index contributed by atoms with van der Waals surface area (Å²) in [4.78, 5) is 32.7. The van der Waals surface area contributed by atoms with E-state index >= 15 is 0 Å². The number of amides is 2. The molecule has 0 aliphatic rings. The minimum absolute atomic E-state index is 0.113. The predicted octanol–water partition coefficient (Wildman–Crippen LogP) is -0.709. The van der Waals surface area contributed by atoms with E-state index < -0.39 is 23.8 Å². The van der Waals surface area contributed by atoms with Gasteiger partial charge in [0, 0.05) is 6.92 Å². The average Bonchev–Trinajstić information content (AvgIpc) is 2.00. The highest BCUT2D eigenvalue weighted by Crippen LogP contribution is 2.18. The molecule has 0 saturated heterocycles. The number of hydrogen-bond donors (Lipinski definition) is 3. The van der Waals surface area contributed by atoms with Crippen molar-refractivity contribution in [3.63, 3.8) is 0 Å². The van der Waals surface area contributed by atoms with Gasteiger partial charge in [0.2, 0.25) is 11.8 Å². The molecule has 4 N–H and O–H groups in total. The number of aliphatic carboxylic acids is 1. The van der Waals surface area contributed by atoms with Gasteiger partial charge in [-0.2, -0.15) is 0 Å². The molecule has 0 spiro atoms. The Kier molecular flexibility index (Phi) is 4.77. The van der Waals surface area contributed by atoms with Gasteiger partial charge in [-0.05, 0) is 5.92 Å². The maximum Gasteiger partial charge on any atom is 0.313 e. The Labute approximate surface area is 87.8 Å². The maximum atomic E-state index is 11.0. The molecule has 1 radical (unpaired) electrons. The average molecular weight is 215 g/mol. The Morgan fingerprint density at radius 2 is 1.73 bits per heavy atom. The van der Waals surface area contributed by atoms with Gasteiger partial charge in [0.15, 0.2) is 0 Å². The second kappa shape index (κ2) is 5.33. The minimum Gasteiger partial charge on any atom is -0.481 e. The quantitative estimate of drug-likeness (QED) is 0.562. The van der Waals surface area contributed by atoms with Crippen LogP contribution in [-0.2, 0) is 14.4 Å². The van der Waals surface area contributed by atoms with Crippen molar-refractivity contribution in [1.82, 2.24) is 5.32 Å². The van der Waals surface area contributed by atoms with Gasteiger partial charge >= 0.3 is 5.97 Å². The fourth-order valence-electron chi connectivity index (χ4n) is 1.21. The molecule has 0 rings (SSSR count). The summed E-state index contributed by atoms with van der Waals surface area (Å²) in [5, 5.41) is 11.1. The fourth-order valence-corrected chi connectivity index (χ4v) is 1.21. The first-order chi connectivity index (χ1) is 6.77. The highest BCUT2D eigenvalue weighted by Gasteiger charge is 2.36. The number of carboxylic acid groups (broad SMARTS) is 1. The van der Waals surface area contributed by atoms with Crippen molar-refractivity contribution < 1.29 is 19.5 Å². The second-order valence-electron chi connectivity index (χ2n) is 3.45. The molecule has 0 saturated carbocycles. The van der Waals surface area contributed by atoms with E-state index in [2.05, 4.69) is 5.32 Å². The molecular formula is C9H15N2O4. The molecule has 0 bridgehead atoms. The summed E-state index contributed by atoms with van der Waals surface area (Å²) in [6.07, 6.45) is 0. The van der Waals surface area contributed by atoms with Crippen molar-refractivity contribution in [2.24, 2.45) is 11.7 Å². The highest BCUT2D eigenvalue weighted by molar-refractivity contribution is 5.97. The summed E-state index contributed by atoms with van der Waals surface area (Å²) in [6, 6.07) is -1.25. The summed E-state index contributed by atoms with van der Waals surface area (Å²) < 4.78 is 0. The van der Waals surface area contributed by atoms with Gasteiger partial charge in [-0.1, -0.05) is 13.8 Å². The number of nitrogens with two attached hydrogens (primary N) is 1. The molecule has 0 aromatic carbocycles. The Balaban J connectivity index is 4.92.